The molecule has 2 N–H and O–H groups in total. The lowest BCUT2D eigenvalue weighted by molar-refractivity contribution is -0.127. The van der Waals surface area contributed by atoms with E-state index >= 15 is 0 Å². The quantitative estimate of drug-likeness (QED) is 0.777. The van der Waals surface area contributed by atoms with Gasteiger partial charge in [-0.1, -0.05) is 0 Å². The van der Waals surface area contributed by atoms with Gasteiger partial charge < -0.3 is 15.5 Å². The first-order valence-corrected chi connectivity index (χ1v) is 10.9. The molecular weight excluding hydrogens is 358 g/mol. The fourth-order valence-corrected chi connectivity index (χ4v) is 5.05. The molecule has 0 radical (unpaired) electrons. The average molecular weight is 390 g/mol. The Morgan fingerprint density at radius 2 is 1.74 bits per heavy atom. The third kappa shape index (κ3) is 4.85. The van der Waals surface area contributed by atoms with Crippen LogP contribution in [0.25, 0.3) is 0 Å². The number of benzene rings is 1. The van der Waals surface area contributed by atoms with E-state index in [1.807, 2.05) is 30.5 Å². The number of carbonyl (C=O) groups excluding carboxylic acids is 2. The molecule has 1 unspecified atom stereocenters. The maximum Gasteiger partial charge on any atom is 0.227 e. The highest BCUT2D eigenvalue weighted by Crippen LogP contribution is 2.30. The lowest BCUT2D eigenvalue weighted by Gasteiger charge is -2.46. The number of hydrogen-bond acceptors (Lipinski definition) is 4. The van der Waals surface area contributed by atoms with Crippen molar-refractivity contribution in [3.05, 3.63) is 24.3 Å². The second kappa shape index (κ2) is 7.47. The first-order chi connectivity index (χ1) is 12.6. The zero-order valence-corrected chi connectivity index (χ0v) is 17.8. The van der Waals surface area contributed by atoms with Gasteiger partial charge in [0.25, 0.3) is 0 Å². The van der Waals surface area contributed by atoms with Crippen molar-refractivity contribution in [3.63, 3.8) is 0 Å². The van der Waals surface area contributed by atoms with Gasteiger partial charge >= 0.3 is 0 Å². The smallest absolute Gasteiger partial charge is 0.227 e. The minimum Gasteiger partial charge on any atom is -0.353 e. The van der Waals surface area contributed by atoms with Crippen LogP contribution < -0.4 is 15.5 Å². The molecule has 27 heavy (non-hydrogen) atoms. The van der Waals surface area contributed by atoms with Gasteiger partial charge in [0.05, 0.1) is 5.92 Å². The predicted molar refractivity (Wildman–Crippen MR) is 111 cm³/mol. The Balaban J connectivity index is 1.63. The van der Waals surface area contributed by atoms with E-state index in [0.29, 0.717) is 6.54 Å². The number of rotatable bonds is 4. The van der Waals surface area contributed by atoms with Crippen LogP contribution in [-0.2, 0) is 9.59 Å². The topological polar surface area (TPSA) is 61.4 Å². The van der Waals surface area contributed by atoms with E-state index in [2.05, 4.69) is 38.3 Å². The molecule has 148 valence electrons. The zero-order valence-electron chi connectivity index (χ0n) is 17.0. The van der Waals surface area contributed by atoms with E-state index < -0.39 is 0 Å². The molecule has 1 atom stereocenters. The molecular formula is C21H31N3O2S. The molecule has 3 rings (SSSR count). The van der Waals surface area contributed by atoms with Crippen molar-refractivity contribution in [3.8, 4) is 0 Å². The minimum atomic E-state index is -0.279. The zero-order chi connectivity index (χ0) is 19.8. The van der Waals surface area contributed by atoms with Crippen LogP contribution in [0.3, 0.4) is 0 Å². The first-order valence-electron chi connectivity index (χ1n) is 9.63. The molecule has 0 aromatic heterocycles. The summed E-state index contributed by atoms with van der Waals surface area (Å²) in [7, 11) is 0. The number of amides is 2. The van der Waals surface area contributed by atoms with Gasteiger partial charge in [-0.3, -0.25) is 9.59 Å². The van der Waals surface area contributed by atoms with Crippen LogP contribution in [0.1, 0.15) is 47.0 Å². The molecule has 0 saturated carbocycles. The number of nitrogens with zero attached hydrogens (tertiary/aromatic N) is 1. The number of hydrogen-bond donors (Lipinski definition) is 2. The molecule has 2 heterocycles. The monoisotopic (exact) mass is 389 g/mol. The van der Waals surface area contributed by atoms with E-state index in [4.69, 9.17) is 0 Å². The Labute approximate surface area is 166 Å². The van der Waals surface area contributed by atoms with Crippen LogP contribution in [0.2, 0.25) is 0 Å². The summed E-state index contributed by atoms with van der Waals surface area (Å²) >= 11 is 1.67. The van der Waals surface area contributed by atoms with Gasteiger partial charge in [-0.2, -0.15) is 0 Å². The van der Waals surface area contributed by atoms with Crippen molar-refractivity contribution in [1.82, 2.24) is 10.6 Å². The van der Waals surface area contributed by atoms with Crippen LogP contribution >= 0.6 is 11.8 Å². The van der Waals surface area contributed by atoms with Crippen molar-refractivity contribution in [2.45, 2.75) is 69.0 Å². The fourth-order valence-electron chi connectivity index (χ4n) is 4.64. The number of piperidine rings is 1. The summed E-state index contributed by atoms with van der Waals surface area (Å²) in [6.07, 6.45) is 4.10. The van der Waals surface area contributed by atoms with Crippen molar-refractivity contribution < 1.29 is 9.59 Å². The largest absolute Gasteiger partial charge is 0.353 e. The molecule has 2 aliphatic heterocycles. The molecule has 1 aromatic rings. The Hall–Kier alpha value is -1.53. The van der Waals surface area contributed by atoms with Gasteiger partial charge in [0.2, 0.25) is 11.8 Å². The molecule has 2 amide bonds. The Morgan fingerprint density at radius 1 is 1.15 bits per heavy atom. The maximum atomic E-state index is 12.8. The van der Waals surface area contributed by atoms with Crippen molar-refractivity contribution in [2.24, 2.45) is 5.92 Å². The van der Waals surface area contributed by atoms with E-state index in [-0.39, 0.29) is 41.3 Å². The molecule has 2 saturated heterocycles. The van der Waals surface area contributed by atoms with Gasteiger partial charge in [-0.05, 0) is 71.1 Å². The first kappa shape index (κ1) is 20.2. The van der Waals surface area contributed by atoms with Crippen LogP contribution in [-0.4, -0.2) is 41.7 Å². The molecule has 0 spiro atoms. The summed E-state index contributed by atoms with van der Waals surface area (Å²) in [5, 5.41) is 6.86. The minimum absolute atomic E-state index is 0.00471. The summed E-state index contributed by atoms with van der Waals surface area (Å²) in [5.41, 5.74) is 0.837. The summed E-state index contributed by atoms with van der Waals surface area (Å²) in [6, 6.07) is 8.08. The molecule has 0 aliphatic carbocycles. The van der Waals surface area contributed by atoms with Crippen molar-refractivity contribution in [2.75, 3.05) is 17.7 Å². The SMILES string of the molecule is CSc1ccc(N2CC(C(=O)NC3CC(C)(C)NC(C)(C)C3)CC2=O)cc1. The second-order valence-electron chi connectivity index (χ2n) is 9.11. The van der Waals surface area contributed by atoms with Crippen molar-refractivity contribution in [1.29, 1.82) is 0 Å². The molecule has 0 bridgehead atoms. The number of anilines is 1. The normalized spacial score (nSPS) is 24.9. The number of carbonyl (C=O) groups is 2. The fraction of sp³-hybridized carbons (Fsp3) is 0.619. The Morgan fingerprint density at radius 3 is 2.30 bits per heavy atom. The van der Waals surface area contributed by atoms with Gasteiger partial charge in [0.1, 0.15) is 0 Å². The number of thioether (sulfide) groups is 1. The van der Waals surface area contributed by atoms with Gasteiger partial charge in [-0.15, -0.1) is 11.8 Å². The summed E-state index contributed by atoms with van der Waals surface area (Å²) in [5.74, 6) is -0.248. The third-order valence-electron chi connectivity index (χ3n) is 5.42. The highest BCUT2D eigenvalue weighted by atomic mass is 32.2. The van der Waals surface area contributed by atoms with Crippen LogP contribution in [0.4, 0.5) is 5.69 Å². The van der Waals surface area contributed by atoms with E-state index in [9.17, 15) is 9.59 Å². The summed E-state index contributed by atoms with van der Waals surface area (Å²) in [4.78, 5) is 28.2. The lowest BCUT2D eigenvalue weighted by Crippen LogP contribution is -2.62. The number of nitrogens with one attached hydrogen (secondary N) is 2. The highest BCUT2D eigenvalue weighted by Gasteiger charge is 2.40. The van der Waals surface area contributed by atoms with Gasteiger partial charge in [-0.25, -0.2) is 0 Å². The Kier molecular flexibility index (Phi) is 5.59. The van der Waals surface area contributed by atoms with Gasteiger partial charge in [0, 0.05) is 40.7 Å². The summed E-state index contributed by atoms with van der Waals surface area (Å²) in [6.45, 7) is 9.15. The second-order valence-corrected chi connectivity index (χ2v) is 9.99. The van der Waals surface area contributed by atoms with Crippen molar-refractivity contribution >= 4 is 29.3 Å². The Bertz CT molecular complexity index is 699. The average Bonchev–Trinajstić information content (AvgIpc) is 2.94. The molecule has 5 nitrogen and oxygen atoms in total. The highest BCUT2D eigenvalue weighted by molar-refractivity contribution is 7.98. The van der Waals surface area contributed by atoms with Crippen LogP contribution in [0.5, 0.6) is 0 Å². The third-order valence-corrected chi connectivity index (χ3v) is 6.16. The van der Waals surface area contributed by atoms with Gasteiger partial charge in [0.15, 0.2) is 0 Å². The molecule has 6 heteroatoms. The maximum absolute atomic E-state index is 12.8. The van der Waals surface area contributed by atoms with Crippen LogP contribution in [0.15, 0.2) is 29.2 Å². The van der Waals surface area contributed by atoms with E-state index in [1.165, 1.54) is 0 Å². The van der Waals surface area contributed by atoms with E-state index in [0.717, 1.165) is 23.4 Å². The molecule has 2 aliphatic rings. The van der Waals surface area contributed by atoms with Crippen LogP contribution in [0, 0.1) is 5.92 Å². The molecule has 1 aromatic carbocycles. The molecule has 2 fully saturated rings. The standard InChI is InChI=1S/C21H31N3O2S/c1-20(2)11-15(12-21(3,4)23-20)22-19(26)14-10-18(25)24(13-14)16-6-8-17(27-5)9-7-16/h6-9,14-15,23H,10-13H2,1-5H3,(H,22,26). The lowest BCUT2D eigenvalue weighted by atomic mass is 9.79. The summed E-state index contributed by atoms with van der Waals surface area (Å²) < 4.78 is 0. The predicted octanol–water partition coefficient (Wildman–Crippen LogP) is 3.19. The van der Waals surface area contributed by atoms with E-state index in [1.54, 1.807) is 16.7 Å².